The Labute approximate surface area is 204 Å². The minimum atomic E-state index is -1.05. The molecule has 9 nitrogen and oxygen atoms in total. The molecule has 0 aromatic carbocycles. The molecule has 3 fully saturated rings. The van der Waals surface area contributed by atoms with E-state index in [-0.39, 0.29) is 28.8 Å². The lowest BCUT2D eigenvalue weighted by molar-refractivity contribution is -0.163. The molecule has 1 aromatic rings. The summed E-state index contributed by atoms with van der Waals surface area (Å²) in [7, 11) is 0. The molecule has 184 valence electrons. The first kappa shape index (κ1) is 23.6. The third-order valence-electron chi connectivity index (χ3n) is 7.61. The SMILES string of the molecule is C[C@@H](O)[C@H]1C(=O)N2C(C(=O)O)=C(S[C@@H]3CN[C@H](CN4CCN(c5ccccn5)CC4)C3)[C@H](C)[C@H]12. The minimum absolute atomic E-state index is 0.0767. The van der Waals surface area contributed by atoms with E-state index in [4.69, 9.17) is 0 Å². The van der Waals surface area contributed by atoms with Gasteiger partial charge < -0.3 is 25.3 Å². The molecule has 34 heavy (non-hydrogen) atoms. The van der Waals surface area contributed by atoms with E-state index in [9.17, 15) is 19.8 Å². The van der Waals surface area contributed by atoms with Gasteiger partial charge in [-0.2, -0.15) is 0 Å². The fourth-order valence-electron chi connectivity index (χ4n) is 5.88. The van der Waals surface area contributed by atoms with E-state index < -0.39 is 18.0 Å². The first-order valence-electron chi connectivity index (χ1n) is 12.1. The van der Waals surface area contributed by atoms with E-state index in [0.29, 0.717) is 6.04 Å². The zero-order valence-corrected chi connectivity index (χ0v) is 20.4. The second-order valence-electron chi connectivity index (χ2n) is 9.83. The van der Waals surface area contributed by atoms with E-state index >= 15 is 0 Å². The average molecular weight is 488 g/mol. The van der Waals surface area contributed by atoms with Crippen LogP contribution < -0.4 is 10.2 Å². The van der Waals surface area contributed by atoms with Crippen molar-refractivity contribution in [3.05, 3.63) is 35.0 Å². The normalized spacial score (nSPS) is 32.7. The number of piperazine rings is 1. The minimum Gasteiger partial charge on any atom is -0.477 e. The highest BCUT2D eigenvalue weighted by molar-refractivity contribution is 8.03. The lowest BCUT2D eigenvalue weighted by Gasteiger charge is -2.46. The van der Waals surface area contributed by atoms with Crippen molar-refractivity contribution in [2.75, 3.05) is 44.2 Å². The van der Waals surface area contributed by atoms with Crippen molar-refractivity contribution in [1.82, 2.24) is 20.1 Å². The molecular weight excluding hydrogens is 454 g/mol. The number of carboxylic acids is 1. The molecule has 0 aliphatic carbocycles. The number of nitrogens with zero attached hydrogens (tertiary/aromatic N) is 4. The van der Waals surface area contributed by atoms with Gasteiger partial charge in [-0.25, -0.2) is 9.78 Å². The molecule has 0 spiro atoms. The Morgan fingerprint density at radius 3 is 2.71 bits per heavy atom. The van der Waals surface area contributed by atoms with Crippen LogP contribution in [0.25, 0.3) is 0 Å². The lowest BCUT2D eigenvalue weighted by atomic mass is 9.79. The van der Waals surface area contributed by atoms with Gasteiger partial charge in [0.25, 0.3) is 0 Å². The third-order valence-corrected chi connectivity index (χ3v) is 9.12. The molecule has 4 aliphatic rings. The van der Waals surface area contributed by atoms with E-state index in [2.05, 4.69) is 26.2 Å². The van der Waals surface area contributed by atoms with E-state index in [1.54, 1.807) is 18.7 Å². The number of aromatic nitrogens is 1. The molecule has 10 heteroatoms. The Bertz CT molecular complexity index is 965. The molecule has 1 aromatic heterocycles. The summed E-state index contributed by atoms with van der Waals surface area (Å²) in [5, 5.41) is 23.8. The van der Waals surface area contributed by atoms with E-state index in [0.717, 1.165) is 56.4 Å². The van der Waals surface area contributed by atoms with Crippen LogP contribution >= 0.6 is 11.8 Å². The van der Waals surface area contributed by atoms with Gasteiger partial charge in [0.05, 0.1) is 18.1 Å². The summed E-state index contributed by atoms with van der Waals surface area (Å²) in [5.41, 5.74) is 0.124. The molecule has 6 atom stereocenters. The fourth-order valence-corrected chi connectivity index (χ4v) is 7.40. The Kier molecular flexibility index (Phi) is 6.58. The molecule has 0 saturated carbocycles. The van der Waals surface area contributed by atoms with Crippen LogP contribution in [0.15, 0.2) is 35.0 Å². The number of aliphatic hydroxyl groups excluding tert-OH is 1. The number of nitrogens with one attached hydrogen (secondary N) is 1. The number of hydrogen-bond acceptors (Lipinski definition) is 8. The highest BCUT2D eigenvalue weighted by atomic mass is 32.2. The highest BCUT2D eigenvalue weighted by Crippen LogP contribution is 2.51. The number of aliphatic carboxylic acids is 1. The molecule has 0 unspecified atom stereocenters. The predicted octanol–water partition coefficient (Wildman–Crippen LogP) is 0.821. The zero-order chi connectivity index (χ0) is 24.0. The number of thioether (sulfide) groups is 1. The first-order chi connectivity index (χ1) is 16.3. The van der Waals surface area contributed by atoms with Gasteiger partial charge >= 0.3 is 5.97 Å². The number of carboxylic acid groups (broad SMARTS) is 1. The van der Waals surface area contributed by atoms with Crippen LogP contribution in [0.4, 0.5) is 5.82 Å². The smallest absolute Gasteiger partial charge is 0.353 e. The van der Waals surface area contributed by atoms with Gasteiger partial charge in [0.1, 0.15) is 11.5 Å². The van der Waals surface area contributed by atoms with Crippen molar-refractivity contribution in [1.29, 1.82) is 0 Å². The Balaban J connectivity index is 1.16. The quantitative estimate of drug-likeness (QED) is 0.482. The van der Waals surface area contributed by atoms with Crippen molar-refractivity contribution in [2.45, 2.75) is 43.7 Å². The second-order valence-corrected chi connectivity index (χ2v) is 11.2. The summed E-state index contributed by atoms with van der Waals surface area (Å²) < 4.78 is 0. The summed E-state index contributed by atoms with van der Waals surface area (Å²) in [5.74, 6) is -0.879. The van der Waals surface area contributed by atoms with Crippen molar-refractivity contribution in [3.8, 4) is 0 Å². The molecule has 0 radical (unpaired) electrons. The number of fused-ring (bicyclic) bond motifs is 1. The molecule has 0 bridgehead atoms. The first-order valence-corrected chi connectivity index (χ1v) is 13.0. The van der Waals surface area contributed by atoms with E-state index in [1.165, 1.54) is 4.90 Å². The number of carbonyl (C=O) groups excluding carboxylic acids is 1. The van der Waals surface area contributed by atoms with Crippen LogP contribution in [0.1, 0.15) is 20.3 Å². The van der Waals surface area contributed by atoms with Crippen molar-refractivity contribution in [3.63, 3.8) is 0 Å². The Morgan fingerprint density at radius 2 is 2.06 bits per heavy atom. The zero-order valence-electron chi connectivity index (χ0n) is 19.6. The number of amides is 1. The summed E-state index contributed by atoms with van der Waals surface area (Å²) in [6.07, 6.45) is 2.03. The number of anilines is 1. The van der Waals surface area contributed by atoms with Gasteiger partial charge in [0, 0.05) is 67.6 Å². The van der Waals surface area contributed by atoms with Crippen LogP contribution in [-0.2, 0) is 9.59 Å². The molecular formula is C24H33N5O4S. The summed E-state index contributed by atoms with van der Waals surface area (Å²) in [6, 6.07) is 6.14. The number of rotatable bonds is 7. The molecule has 5 heterocycles. The van der Waals surface area contributed by atoms with Crippen LogP contribution in [0, 0.1) is 11.8 Å². The predicted molar refractivity (Wildman–Crippen MR) is 130 cm³/mol. The van der Waals surface area contributed by atoms with Gasteiger partial charge in [-0.15, -0.1) is 11.8 Å². The average Bonchev–Trinajstić information content (AvgIpc) is 3.35. The molecule has 4 aliphatic heterocycles. The van der Waals surface area contributed by atoms with Crippen molar-refractivity contribution >= 4 is 29.5 Å². The van der Waals surface area contributed by atoms with E-state index in [1.807, 2.05) is 25.3 Å². The lowest BCUT2D eigenvalue weighted by Crippen LogP contribution is -2.63. The van der Waals surface area contributed by atoms with Crippen LogP contribution in [0.2, 0.25) is 0 Å². The molecule has 3 saturated heterocycles. The third kappa shape index (κ3) is 4.21. The van der Waals surface area contributed by atoms with Crippen molar-refractivity contribution in [2.24, 2.45) is 11.8 Å². The van der Waals surface area contributed by atoms with Gasteiger partial charge in [-0.3, -0.25) is 9.69 Å². The highest BCUT2D eigenvalue weighted by Gasteiger charge is 2.60. The largest absolute Gasteiger partial charge is 0.477 e. The molecule has 3 N–H and O–H groups in total. The molecule has 5 rings (SSSR count). The summed E-state index contributed by atoms with van der Waals surface area (Å²) >= 11 is 1.61. The topological polar surface area (TPSA) is 109 Å². The Morgan fingerprint density at radius 1 is 1.29 bits per heavy atom. The number of hydrogen-bond donors (Lipinski definition) is 3. The van der Waals surface area contributed by atoms with Crippen molar-refractivity contribution < 1.29 is 19.8 Å². The maximum absolute atomic E-state index is 12.5. The number of carbonyl (C=O) groups is 2. The summed E-state index contributed by atoms with van der Waals surface area (Å²) in [4.78, 5) is 36.1. The Hall–Kier alpha value is -2.14. The maximum Gasteiger partial charge on any atom is 0.353 e. The second kappa shape index (κ2) is 9.49. The van der Waals surface area contributed by atoms with Gasteiger partial charge in [0.15, 0.2) is 0 Å². The number of β-lactam (4-membered cyclic amide) rings is 1. The van der Waals surface area contributed by atoms with Gasteiger partial charge in [-0.1, -0.05) is 13.0 Å². The van der Waals surface area contributed by atoms with Gasteiger partial charge in [-0.05, 0) is 25.5 Å². The van der Waals surface area contributed by atoms with Crippen LogP contribution in [0.3, 0.4) is 0 Å². The van der Waals surface area contributed by atoms with Crippen LogP contribution in [-0.4, -0.2) is 99.6 Å². The standard InChI is InChI=1S/C24H33N5O4S/c1-14-20-19(15(2)30)23(31)29(20)21(24(32)33)22(14)34-17-11-16(26-12-17)13-27-7-9-28(10-8-27)18-5-3-4-6-25-18/h3-6,14-17,19-20,26,30H,7-13H2,1-2H3,(H,32,33)/t14-,15-,16+,17+,19-,20-/m1/s1. The molecule has 1 amide bonds. The maximum atomic E-state index is 12.5. The van der Waals surface area contributed by atoms with Crippen LogP contribution in [0.5, 0.6) is 0 Å². The van der Waals surface area contributed by atoms with Gasteiger partial charge in [0.2, 0.25) is 5.91 Å². The number of pyridine rings is 1. The summed E-state index contributed by atoms with van der Waals surface area (Å²) in [6.45, 7) is 9.32. The fraction of sp³-hybridized carbons (Fsp3) is 0.625. The monoisotopic (exact) mass is 487 g/mol. The number of aliphatic hydroxyl groups is 1.